The van der Waals surface area contributed by atoms with Gasteiger partial charge in [-0.1, -0.05) is 30.4 Å². The zero-order chi connectivity index (χ0) is 8.10. The van der Waals surface area contributed by atoms with E-state index in [4.69, 9.17) is 0 Å². The van der Waals surface area contributed by atoms with E-state index >= 15 is 0 Å². The Morgan fingerprint density at radius 1 is 1.36 bits per heavy atom. The molecule has 0 aliphatic rings. The molecule has 58 valence electrons. The van der Waals surface area contributed by atoms with Crippen molar-refractivity contribution in [2.75, 3.05) is 5.75 Å². The molecule has 11 heavy (non-hydrogen) atoms. The van der Waals surface area contributed by atoms with Gasteiger partial charge in [0.1, 0.15) is 5.82 Å². The number of hydrogen-bond donors (Lipinski definition) is 1. The lowest BCUT2D eigenvalue weighted by atomic mass is 10.2. The van der Waals surface area contributed by atoms with E-state index in [9.17, 15) is 4.39 Å². The van der Waals surface area contributed by atoms with E-state index in [1.54, 1.807) is 24.3 Å². The van der Waals surface area contributed by atoms with Crippen LogP contribution in [-0.2, 0) is 0 Å². The van der Waals surface area contributed by atoms with Crippen molar-refractivity contribution >= 4 is 18.7 Å². The van der Waals surface area contributed by atoms with Crippen LogP contribution in [0.4, 0.5) is 4.39 Å². The first kappa shape index (κ1) is 8.34. The molecule has 0 heterocycles. The first-order chi connectivity index (χ1) is 5.34. The average molecular weight is 168 g/mol. The zero-order valence-electron chi connectivity index (χ0n) is 6.00. The van der Waals surface area contributed by atoms with Crippen LogP contribution in [0, 0.1) is 5.82 Å². The second kappa shape index (κ2) is 4.19. The summed E-state index contributed by atoms with van der Waals surface area (Å²) in [6, 6.07) is 6.65. The maximum atomic E-state index is 12.8. The van der Waals surface area contributed by atoms with Gasteiger partial charge in [0, 0.05) is 11.3 Å². The summed E-state index contributed by atoms with van der Waals surface area (Å²) < 4.78 is 12.8. The molecule has 0 saturated carbocycles. The summed E-state index contributed by atoms with van der Waals surface area (Å²) in [5.74, 6) is 0.444. The van der Waals surface area contributed by atoms with Crippen LogP contribution in [0.25, 0.3) is 6.08 Å². The fourth-order valence-electron chi connectivity index (χ4n) is 0.790. The predicted octanol–water partition coefficient (Wildman–Crippen LogP) is 2.77. The fourth-order valence-corrected chi connectivity index (χ4v) is 0.895. The van der Waals surface area contributed by atoms with Gasteiger partial charge < -0.3 is 0 Å². The molecule has 0 nitrogen and oxygen atoms in total. The third-order valence-corrected chi connectivity index (χ3v) is 1.52. The molecular formula is C9H9FS. The molecule has 0 amide bonds. The van der Waals surface area contributed by atoms with Gasteiger partial charge in [0.15, 0.2) is 0 Å². The highest BCUT2D eigenvalue weighted by atomic mass is 32.1. The van der Waals surface area contributed by atoms with Crippen LogP contribution in [0.1, 0.15) is 5.56 Å². The average Bonchev–Trinajstić information content (AvgIpc) is 2.03. The van der Waals surface area contributed by atoms with E-state index in [0.717, 1.165) is 0 Å². The molecule has 0 spiro atoms. The summed E-state index contributed by atoms with van der Waals surface area (Å²) in [5, 5.41) is 0. The largest absolute Gasteiger partial charge is 0.206 e. The van der Waals surface area contributed by atoms with Crippen molar-refractivity contribution < 1.29 is 4.39 Å². The van der Waals surface area contributed by atoms with E-state index in [1.165, 1.54) is 6.07 Å². The van der Waals surface area contributed by atoms with Crippen molar-refractivity contribution in [2.45, 2.75) is 0 Å². The van der Waals surface area contributed by atoms with E-state index in [2.05, 4.69) is 12.6 Å². The number of rotatable bonds is 2. The minimum absolute atomic E-state index is 0.189. The van der Waals surface area contributed by atoms with Gasteiger partial charge in [-0.3, -0.25) is 0 Å². The molecule has 0 atom stereocenters. The molecular weight excluding hydrogens is 159 g/mol. The molecule has 0 aliphatic carbocycles. The van der Waals surface area contributed by atoms with Gasteiger partial charge in [0.05, 0.1) is 0 Å². The van der Waals surface area contributed by atoms with Crippen molar-refractivity contribution in [1.29, 1.82) is 0 Å². The minimum Gasteiger partial charge on any atom is -0.206 e. The summed E-state index contributed by atoms with van der Waals surface area (Å²) in [4.78, 5) is 0. The van der Waals surface area contributed by atoms with Crippen LogP contribution < -0.4 is 0 Å². The Kier molecular flexibility index (Phi) is 3.17. The molecule has 0 unspecified atom stereocenters. The Balaban J connectivity index is 2.86. The lowest BCUT2D eigenvalue weighted by molar-refractivity contribution is 0.625. The zero-order valence-corrected chi connectivity index (χ0v) is 6.89. The van der Waals surface area contributed by atoms with Crippen LogP contribution >= 0.6 is 12.6 Å². The quantitative estimate of drug-likeness (QED) is 0.645. The molecule has 1 rings (SSSR count). The first-order valence-corrected chi connectivity index (χ1v) is 4.00. The topological polar surface area (TPSA) is 0 Å². The molecule has 0 N–H and O–H groups in total. The van der Waals surface area contributed by atoms with Gasteiger partial charge in [-0.2, -0.15) is 12.6 Å². The van der Waals surface area contributed by atoms with E-state index in [1.807, 2.05) is 6.08 Å². The van der Waals surface area contributed by atoms with Crippen molar-refractivity contribution in [3.63, 3.8) is 0 Å². The minimum atomic E-state index is -0.189. The van der Waals surface area contributed by atoms with Crippen molar-refractivity contribution in [1.82, 2.24) is 0 Å². The summed E-state index contributed by atoms with van der Waals surface area (Å²) in [6.45, 7) is 0. The van der Waals surface area contributed by atoms with Crippen LogP contribution in [-0.4, -0.2) is 5.75 Å². The molecule has 1 aromatic rings. The summed E-state index contributed by atoms with van der Waals surface area (Å²) in [7, 11) is 0. The van der Waals surface area contributed by atoms with Gasteiger partial charge >= 0.3 is 0 Å². The molecule has 0 fully saturated rings. The molecule has 0 saturated heterocycles. The molecule has 0 aliphatic heterocycles. The number of thiol groups is 1. The molecule has 0 radical (unpaired) electrons. The Morgan fingerprint density at radius 3 is 2.73 bits per heavy atom. The van der Waals surface area contributed by atoms with Crippen LogP contribution in [0.15, 0.2) is 30.3 Å². The SMILES string of the molecule is Fc1ccccc1/C=C/CS. The smallest absolute Gasteiger partial charge is 0.130 e. The second-order valence-electron chi connectivity index (χ2n) is 2.11. The fraction of sp³-hybridized carbons (Fsp3) is 0.111. The van der Waals surface area contributed by atoms with Crippen molar-refractivity contribution in [2.24, 2.45) is 0 Å². The molecule has 0 aromatic heterocycles. The third-order valence-electron chi connectivity index (χ3n) is 1.31. The van der Waals surface area contributed by atoms with Crippen LogP contribution in [0.2, 0.25) is 0 Å². The highest BCUT2D eigenvalue weighted by Gasteiger charge is 1.92. The van der Waals surface area contributed by atoms with Crippen LogP contribution in [0.5, 0.6) is 0 Å². The monoisotopic (exact) mass is 168 g/mol. The Morgan fingerprint density at radius 2 is 2.09 bits per heavy atom. The normalized spacial score (nSPS) is 10.7. The highest BCUT2D eigenvalue weighted by Crippen LogP contribution is 2.07. The van der Waals surface area contributed by atoms with Crippen molar-refractivity contribution in [3.05, 3.63) is 41.7 Å². The molecule has 1 aromatic carbocycles. The van der Waals surface area contributed by atoms with Crippen molar-refractivity contribution in [3.8, 4) is 0 Å². The van der Waals surface area contributed by atoms with Gasteiger partial charge in [-0.25, -0.2) is 4.39 Å². The summed E-state index contributed by atoms with van der Waals surface area (Å²) in [5.41, 5.74) is 0.613. The summed E-state index contributed by atoms with van der Waals surface area (Å²) in [6.07, 6.45) is 3.53. The standard InChI is InChI=1S/C9H9FS/c10-9-6-2-1-4-8(9)5-3-7-11/h1-6,11H,7H2/b5-3+. The number of halogens is 1. The van der Waals surface area contributed by atoms with Gasteiger partial charge in [0.25, 0.3) is 0 Å². The Hall–Kier alpha value is -0.760. The van der Waals surface area contributed by atoms with Crippen LogP contribution in [0.3, 0.4) is 0 Å². The third kappa shape index (κ3) is 2.39. The molecule has 2 heteroatoms. The summed E-state index contributed by atoms with van der Waals surface area (Å²) >= 11 is 3.98. The Bertz CT molecular complexity index is 255. The number of benzene rings is 1. The highest BCUT2D eigenvalue weighted by molar-refractivity contribution is 7.80. The Labute approximate surface area is 71.2 Å². The molecule has 0 bridgehead atoms. The lowest BCUT2D eigenvalue weighted by Crippen LogP contribution is -1.78. The second-order valence-corrected chi connectivity index (χ2v) is 2.47. The van der Waals surface area contributed by atoms with Gasteiger partial charge in [0.2, 0.25) is 0 Å². The van der Waals surface area contributed by atoms with Gasteiger partial charge in [-0.15, -0.1) is 0 Å². The maximum absolute atomic E-state index is 12.8. The first-order valence-electron chi connectivity index (χ1n) is 3.36. The van der Waals surface area contributed by atoms with E-state index < -0.39 is 0 Å². The predicted molar refractivity (Wildman–Crippen MR) is 49.3 cm³/mol. The maximum Gasteiger partial charge on any atom is 0.130 e. The van der Waals surface area contributed by atoms with E-state index in [-0.39, 0.29) is 5.82 Å². The van der Waals surface area contributed by atoms with Gasteiger partial charge in [-0.05, 0) is 6.07 Å². The lowest BCUT2D eigenvalue weighted by Gasteiger charge is -1.93. The number of hydrogen-bond acceptors (Lipinski definition) is 1. The van der Waals surface area contributed by atoms with E-state index in [0.29, 0.717) is 11.3 Å².